The molecule has 1 unspecified atom stereocenters. The molecule has 2 fully saturated rings. The molecule has 5 rings (SSSR count). The van der Waals surface area contributed by atoms with Crippen LogP contribution in [0.15, 0.2) is 48.9 Å². The third-order valence-electron chi connectivity index (χ3n) is 6.28. The number of aryl methyl sites for hydroxylation is 1. The molecule has 3 heterocycles. The highest BCUT2D eigenvalue weighted by Gasteiger charge is 2.51. The van der Waals surface area contributed by atoms with Gasteiger partial charge in [0.1, 0.15) is 5.75 Å². The van der Waals surface area contributed by atoms with E-state index in [1.54, 1.807) is 24.2 Å². The zero-order valence-electron chi connectivity index (χ0n) is 17.8. The van der Waals surface area contributed by atoms with Crippen LogP contribution in [0.1, 0.15) is 24.8 Å². The van der Waals surface area contributed by atoms with Crippen LogP contribution in [0.25, 0.3) is 11.3 Å². The lowest BCUT2D eigenvalue weighted by atomic mass is 9.94. The predicted molar refractivity (Wildman–Crippen MR) is 117 cm³/mol. The maximum absolute atomic E-state index is 13.1. The van der Waals surface area contributed by atoms with Gasteiger partial charge in [0.05, 0.1) is 24.4 Å². The summed E-state index contributed by atoms with van der Waals surface area (Å²) in [7, 11) is 3.54. The number of carbonyl (C=O) groups excluding carboxylic acids is 1. The van der Waals surface area contributed by atoms with E-state index in [0.717, 1.165) is 48.4 Å². The summed E-state index contributed by atoms with van der Waals surface area (Å²) in [5, 5.41) is 7.49. The van der Waals surface area contributed by atoms with Crippen LogP contribution in [0, 0.1) is 0 Å². The Balaban J connectivity index is 1.24. The van der Waals surface area contributed by atoms with Gasteiger partial charge >= 0.3 is 0 Å². The molecule has 1 saturated carbocycles. The normalized spacial score (nSPS) is 19.3. The summed E-state index contributed by atoms with van der Waals surface area (Å²) in [4.78, 5) is 24.4. The van der Waals surface area contributed by atoms with Crippen LogP contribution in [0.4, 0.5) is 5.95 Å². The summed E-state index contributed by atoms with van der Waals surface area (Å²) in [6.07, 6.45) is 8.17. The van der Waals surface area contributed by atoms with E-state index >= 15 is 0 Å². The number of amides is 1. The summed E-state index contributed by atoms with van der Waals surface area (Å²) in [6.45, 7) is 1.53. The minimum Gasteiger partial charge on any atom is -0.497 e. The van der Waals surface area contributed by atoms with Crippen molar-refractivity contribution in [3.63, 3.8) is 0 Å². The van der Waals surface area contributed by atoms with Gasteiger partial charge in [-0.25, -0.2) is 9.97 Å². The first-order valence-electron chi connectivity index (χ1n) is 10.6. The van der Waals surface area contributed by atoms with Crippen LogP contribution in [0.3, 0.4) is 0 Å². The molecule has 1 aliphatic heterocycles. The highest BCUT2D eigenvalue weighted by molar-refractivity contribution is 5.91. The van der Waals surface area contributed by atoms with Crippen LogP contribution >= 0.6 is 0 Å². The number of methoxy groups -OCH3 is 1. The standard InChI is InChI=1S/C23H26N6O2/c1-28-14-16(13-25-28)20-7-11-24-22(27-20)29-12-8-18(15-29)26-21(30)23(9-10-23)17-3-5-19(31-2)6-4-17/h3-7,11,13-14,18H,8-10,12,15H2,1-2H3,(H,26,30). The average Bonchev–Trinajstić information content (AvgIpc) is 3.29. The van der Waals surface area contributed by atoms with E-state index in [2.05, 4.69) is 20.3 Å². The fourth-order valence-corrected chi connectivity index (χ4v) is 4.28. The molecule has 0 bridgehead atoms. The summed E-state index contributed by atoms with van der Waals surface area (Å²) >= 11 is 0. The second kappa shape index (κ2) is 7.68. The van der Waals surface area contributed by atoms with Gasteiger partial charge in [0, 0.05) is 44.1 Å². The number of nitrogens with zero attached hydrogens (tertiary/aromatic N) is 5. The molecule has 160 valence electrons. The first-order chi connectivity index (χ1) is 15.1. The molecule has 1 N–H and O–H groups in total. The van der Waals surface area contributed by atoms with E-state index < -0.39 is 5.41 Å². The number of aromatic nitrogens is 4. The Hall–Kier alpha value is -3.42. The summed E-state index contributed by atoms with van der Waals surface area (Å²) in [6, 6.07) is 9.84. The summed E-state index contributed by atoms with van der Waals surface area (Å²) in [5.41, 5.74) is 2.48. The number of nitrogens with one attached hydrogen (secondary N) is 1. The number of hydrogen-bond acceptors (Lipinski definition) is 6. The molecule has 0 spiro atoms. The Morgan fingerprint density at radius 3 is 2.71 bits per heavy atom. The molecule has 31 heavy (non-hydrogen) atoms. The van der Waals surface area contributed by atoms with E-state index in [-0.39, 0.29) is 11.9 Å². The lowest BCUT2D eigenvalue weighted by molar-refractivity contribution is -0.124. The van der Waals surface area contributed by atoms with E-state index in [9.17, 15) is 4.79 Å². The Morgan fingerprint density at radius 2 is 2.03 bits per heavy atom. The quantitative estimate of drug-likeness (QED) is 0.661. The predicted octanol–water partition coefficient (Wildman–Crippen LogP) is 2.31. The molecule has 2 aliphatic rings. The molecular weight excluding hydrogens is 392 g/mol. The van der Waals surface area contributed by atoms with Crippen LogP contribution in [0.5, 0.6) is 5.75 Å². The maximum atomic E-state index is 13.1. The maximum Gasteiger partial charge on any atom is 0.230 e. The molecular formula is C23H26N6O2. The number of anilines is 1. The van der Waals surface area contributed by atoms with Gasteiger partial charge in [0.25, 0.3) is 0 Å². The first kappa shape index (κ1) is 19.5. The summed E-state index contributed by atoms with van der Waals surface area (Å²) < 4.78 is 7.00. The zero-order chi connectivity index (χ0) is 21.4. The minimum atomic E-state index is -0.392. The van der Waals surface area contributed by atoms with Crippen molar-refractivity contribution in [3.8, 4) is 17.0 Å². The van der Waals surface area contributed by atoms with E-state index in [1.165, 1.54) is 0 Å². The monoisotopic (exact) mass is 418 g/mol. The summed E-state index contributed by atoms with van der Waals surface area (Å²) in [5.74, 6) is 1.61. The third kappa shape index (κ3) is 3.73. The van der Waals surface area contributed by atoms with Crippen molar-refractivity contribution in [1.29, 1.82) is 0 Å². The number of rotatable bonds is 6. The van der Waals surface area contributed by atoms with Gasteiger partial charge in [-0.1, -0.05) is 12.1 Å². The van der Waals surface area contributed by atoms with Crippen LogP contribution in [-0.2, 0) is 17.3 Å². The Bertz CT molecular complexity index is 1090. The third-order valence-corrected chi connectivity index (χ3v) is 6.28. The zero-order valence-corrected chi connectivity index (χ0v) is 17.8. The SMILES string of the molecule is COc1ccc(C2(C(=O)NC3CCN(c4nccc(-c5cnn(C)c5)n4)C3)CC2)cc1. The van der Waals surface area contributed by atoms with Gasteiger partial charge in [-0.15, -0.1) is 0 Å². The van der Waals surface area contributed by atoms with Gasteiger partial charge < -0.3 is 15.0 Å². The second-order valence-corrected chi connectivity index (χ2v) is 8.36. The largest absolute Gasteiger partial charge is 0.497 e. The number of hydrogen-bond donors (Lipinski definition) is 1. The van der Waals surface area contributed by atoms with E-state index in [1.807, 2.05) is 43.6 Å². The highest BCUT2D eigenvalue weighted by Crippen LogP contribution is 2.48. The minimum absolute atomic E-state index is 0.0915. The Morgan fingerprint density at radius 1 is 1.23 bits per heavy atom. The molecule has 8 heteroatoms. The van der Waals surface area contributed by atoms with Crippen molar-refractivity contribution in [3.05, 3.63) is 54.5 Å². The molecule has 1 aliphatic carbocycles. The Labute approximate surface area is 181 Å². The van der Waals surface area contributed by atoms with Crippen molar-refractivity contribution in [2.24, 2.45) is 7.05 Å². The second-order valence-electron chi connectivity index (χ2n) is 8.36. The highest BCUT2D eigenvalue weighted by atomic mass is 16.5. The molecule has 8 nitrogen and oxygen atoms in total. The number of carbonyl (C=O) groups is 1. The number of benzene rings is 1. The van der Waals surface area contributed by atoms with Crippen LogP contribution < -0.4 is 15.0 Å². The van der Waals surface area contributed by atoms with Gasteiger partial charge in [-0.05, 0) is 43.0 Å². The van der Waals surface area contributed by atoms with Crippen molar-refractivity contribution >= 4 is 11.9 Å². The van der Waals surface area contributed by atoms with Gasteiger partial charge in [0.2, 0.25) is 11.9 Å². The van der Waals surface area contributed by atoms with E-state index in [4.69, 9.17) is 9.72 Å². The van der Waals surface area contributed by atoms with Crippen molar-refractivity contribution in [1.82, 2.24) is 25.1 Å². The van der Waals surface area contributed by atoms with Gasteiger partial charge in [0.15, 0.2) is 0 Å². The molecule has 1 amide bonds. The average molecular weight is 419 g/mol. The molecule has 1 atom stereocenters. The van der Waals surface area contributed by atoms with Crippen molar-refractivity contribution in [2.75, 3.05) is 25.1 Å². The fourth-order valence-electron chi connectivity index (χ4n) is 4.28. The molecule has 1 aromatic carbocycles. The lowest BCUT2D eigenvalue weighted by Gasteiger charge is -2.21. The van der Waals surface area contributed by atoms with E-state index in [0.29, 0.717) is 12.5 Å². The lowest BCUT2D eigenvalue weighted by Crippen LogP contribution is -2.43. The van der Waals surface area contributed by atoms with Crippen LogP contribution in [0.2, 0.25) is 0 Å². The molecule has 0 radical (unpaired) electrons. The molecule has 1 saturated heterocycles. The van der Waals surface area contributed by atoms with Crippen molar-refractivity contribution in [2.45, 2.75) is 30.7 Å². The van der Waals surface area contributed by atoms with Crippen molar-refractivity contribution < 1.29 is 9.53 Å². The molecule has 3 aromatic rings. The Kier molecular flexibility index (Phi) is 4.84. The van der Waals surface area contributed by atoms with Gasteiger partial charge in [-0.2, -0.15) is 5.10 Å². The van der Waals surface area contributed by atoms with Crippen LogP contribution in [-0.4, -0.2) is 51.9 Å². The fraction of sp³-hybridized carbons (Fsp3) is 0.391. The smallest absolute Gasteiger partial charge is 0.230 e. The topological polar surface area (TPSA) is 85.2 Å². The first-order valence-corrected chi connectivity index (χ1v) is 10.6. The molecule has 2 aromatic heterocycles. The van der Waals surface area contributed by atoms with Gasteiger partial charge in [-0.3, -0.25) is 9.48 Å². The number of ether oxygens (including phenoxy) is 1.